The summed E-state index contributed by atoms with van der Waals surface area (Å²) in [6.07, 6.45) is 1.58. The Kier molecular flexibility index (Phi) is 6.87. The minimum atomic E-state index is -0.535. The molecule has 162 valence electrons. The van der Waals surface area contributed by atoms with Crippen LogP contribution in [0.5, 0.6) is 0 Å². The zero-order valence-corrected chi connectivity index (χ0v) is 18.6. The zero-order valence-electron chi connectivity index (χ0n) is 17.1. The van der Waals surface area contributed by atoms with Crippen molar-refractivity contribution in [2.24, 2.45) is 16.2 Å². The topological polar surface area (TPSA) is 54.3 Å². The van der Waals surface area contributed by atoms with Crippen molar-refractivity contribution < 1.29 is 14.0 Å². The van der Waals surface area contributed by atoms with Gasteiger partial charge in [-0.15, -0.1) is 0 Å². The number of rotatable bonds is 6. The first-order chi connectivity index (χ1) is 15.5. The van der Waals surface area contributed by atoms with E-state index in [1.807, 2.05) is 30.1 Å². The molecule has 5 nitrogen and oxygen atoms in total. The van der Waals surface area contributed by atoms with Gasteiger partial charge in [-0.2, -0.15) is 5.10 Å². The van der Waals surface area contributed by atoms with Gasteiger partial charge in [0.05, 0.1) is 23.4 Å². The van der Waals surface area contributed by atoms with Crippen molar-refractivity contribution in [3.8, 4) is 0 Å². The molecule has 0 aliphatic carbocycles. The molecule has 2 atom stereocenters. The fraction of sp³-hybridized carbons (Fsp3) is 0.125. The van der Waals surface area contributed by atoms with Gasteiger partial charge >= 0.3 is 5.97 Å². The Bertz CT molecular complexity index is 1140. The predicted octanol–water partition coefficient (Wildman–Crippen LogP) is 6.25. The first kappa shape index (κ1) is 22.0. The van der Waals surface area contributed by atoms with Crippen molar-refractivity contribution in [2.75, 3.05) is 5.01 Å². The van der Waals surface area contributed by atoms with Crippen LogP contribution in [0, 0.1) is 11.7 Å². The van der Waals surface area contributed by atoms with E-state index in [1.54, 1.807) is 54.7 Å². The fourth-order valence-electron chi connectivity index (χ4n) is 3.18. The second kappa shape index (κ2) is 9.97. The van der Waals surface area contributed by atoms with E-state index in [0.717, 1.165) is 16.3 Å². The molecule has 1 aliphatic rings. The number of carbonyl (C=O) groups excluding carboxylic acids is 1. The highest BCUT2D eigenvalue weighted by atomic mass is 35.5. The Hall–Kier alpha value is -3.16. The van der Waals surface area contributed by atoms with Crippen molar-refractivity contribution in [1.82, 2.24) is 0 Å². The van der Waals surface area contributed by atoms with Crippen molar-refractivity contribution >= 4 is 46.9 Å². The molecule has 1 aliphatic heterocycles. The molecule has 0 spiro atoms. The van der Waals surface area contributed by atoms with E-state index in [2.05, 4.69) is 5.16 Å². The number of thioether (sulfide) groups is 1. The number of hydrazone groups is 1. The molecule has 0 radical (unpaired) electrons. The Labute approximate surface area is 194 Å². The summed E-state index contributed by atoms with van der Waals surface area (Å²) in [5, 5.41) is 10.9. The van der Waals surface area contributed by atoms with Gasteiger partial charge in [0.1, 0.15) is 11.2 Å². The van der Waals surface area contributed by atoms with Crippen molar-refractivity contribution in [2.45, 2.75) is 17.2 Å². The van der Waals surface area contributed by atoms with Crippen LogP contribution in [0.25, 0.3) is 0 Å². The van der Waals surface area contributed by atoms with Gasteiger partial charge in [0.25, 0.3) is 0 Å². The van der Waals surface area contributed by atoms with E-state index in [9.17, 15) is 9.18 Å². The van der Waals surface area contributed by atoms with Crippen LogP contribution in [0.1, 0.15) is 17.3 Å². The summed E-state index contributed by atoms with van der Waals surface area (Å²) in [6.45, 7) is 1.89. The molecule has 2 unspecified atom stereocenters. The van der Waals surface area contributed by atoms with Gasteiger partial charge in [-0.3, -0.25) is 5.01 Å². The SMILES string of the molecule is CC1=NN(c2ccc(Cl)cc2)C(Sc2ccc(F)cc2)C1/C=N/OC(=O)c1ccccc1. The number of halogens is 2. The Morgan fingerprint density at radius 2 is 1.78 bits per heavy atom. The van der Waals surface area contributed by atoms with Gasteiger partial charge in [-0.25, -0.2) is 9.18 Å². The predicted molar refractivity (Wildman–Crippen MR) is 127 cm³/mol. The van der Waals surface area contributed by atoms with Crippen LogP contribution >= 0.6 is 23.4 Å². The molecular formula is C24H19ClFN3O2S. The molecule has 0 bridgehead atoms. The maximum Gasteiger partial charge on any atom is 0.365 e. The minimum absolute atomic E-state index is 0.221. The smallest absolute Gasteiger partial charge is 0.313 e. The van der Waals surface area contributed by atoms with E-state index < -0.39 is 5.97 Å². The lowest BCUT2D eigenvalue weighted by Gasteiger charge is -2.26. The fourth-order valence-corrected chi connectivity index (χ4v) is 4.56. The number of anilines is 1. The Morgan fingerprint density at radius 1 is 1.09 bits per heavy atom. The third-order valence-corrected chi connectivity index (χ3v) is 6.36. The summed E-state index contributed by atoms with van der Waals surface area (Å²) in [6, 6.07) is 22.3. The average molecular weight is 468 g/mol. The Balaban J connectivity index is 1.57. The molecular weight excluding hydrogens is 449 g/mol. The first-order valence-corrected chi connectivity index (χ1v) is 11.1. The molecule has 0 N–H and O–H groups in total. The molecule has 0 amide bonds. The van der Waals surface area contributed by atoms with Crippen LogP contribution in [0.2, 0.25) is 5.02 Å². The van der Waals surface area contributed by atoms with E-state index in [-0.39, 0.29) is 17.1 Å². The average Bonchev–Trinajstić information content (AvgIpc) is 3.11. The molecule has 32 heavy (non-hydrogen) atoms. The number of nitrogens with zero attached hydrogens (tertiary/aromatic N) is 3. The largest absolute Gasteiger partial charge is 0.365 e. The molecule has 0 aromatic heterocycles. The van der Waals surface area contributed by atoms with Crippen LogP contribution < -0.4 is 5.01 Å². The second-order valence-corrected chi connectivity index (χ2v) is 8.68. The monoisotopic (exact) mass is 467 g/mol. The standard InChI is InChI=1S/C24H19ClFN3O2S/c1-16-22(15-27-31-24(30)17-5-3-2-4-6-17)23(32-21-13-9-19(26)10-14-21)29(28-16)20-11-7-18(25)8-12-20/h2-15,22-23H,1H3/b27-15+. The van der Waals surface area contributed by atoms with E-state index in [4.69, 9.17) is 21.5 Å². The molecule has 3 aromatic rings. The summed E-state index contributed by atoms with van der Waals surface area (Å²) < 4.78 is 13.4. The van der Waals surface area contributed by atoms with Crippen molar-refractivity contribution in [3.63, 3.8) is 0 Å². The van der Waals surface area contributed by atoms with Gasteiger partial charge < -0.3 is 4.84 Å². The van der Waals surface area contributed by atoms with Gasteiger partial charge in [0.15, 0.2) is 0 Å². The van der Waals surface area contributed by atoms with Crippen LogP contribution in [-0.2, 0) is 4.84 Å². The highest BCUT2D eigenvalue weighted by molar-refractivity contribution is 8.00. The first-order valence-electron chi connectivity index (χ1n) is 9.83. The maximum absolute atomic E-state index is 13.4. The highest BCUT2D eigenvalue weighted by Crippen LogP contribution is 2.38. The molecule has 1 heterocycles. The third kappa shape index (κ3) is 5.18. The molecule has 0 fully saturated rings. The number of carbonyl (C=O) groups is 1. The maximum atomic E-state index is 13.4. The molecule has 0 saturated carbocycles. The third-order valence-electron chi connectivity index (χ3n) is 4.82. The summed E-state index contributed by atoms with van der Waals surface area (Å²) in [5.74, 6) is -1.08. The highest BCUT2D eigenvalue weighted by Gasteiger charge is 2.36. The van der Waals surface area contributed by atoms with E-state index >= 15 is 0 Å². The van der Waals surface area contributed by atoms with E-state index in [0.29, 0.717) is 10.6 Å². The van der Waals surface area contributed by atoms with Gasteiger partial charge in [-0.1, -0.05) is 46.7 Å². The van der Waals surface area contributed by atoms with Crippen LogP contribution in [-0.4, -0.2) is 23.3 Å². The Morgan fingerprint density at radius 3 is 2.47 bits per heavy atom. The number of benzene rings is 3. The van der Waals surface area contributed by atoms with Gasteiger partial charge in [-0.05, 0) is 67.6 Å². The van der Waals surface area contributed by atoms with Crippen LogP contribution in [0.15, 0.2) is 94.0 Å². The zero-order chi connectivity index (χ0) is 22.5. The van der Waals surface area contributed by atoms with Crippen LogP contribution in [0.3, 0.4) is 0 Å². The van der Waals surface area contributed by atoms with Gasteiger partial charge in [0.2, 0.25) is 0 Å². The lowest BCUT2D eigenvalue weighted by atomic mass is 10.1. The summed E-state index contributed by atoms with van der Waals surface area (Å²) >= 11 is 7.55. The normalized spacial score (nSPS) is 18.1. The van der Waals surface area contributed by atoms with Gasteiger partial charge in [0, 0.05) is 15.6 Å². The lowest BCUT2D eigenvalue weighted by molar-refractivity contribution is 0.0517. The van der Waals surface area contributed by atoms with E-state index in [1.165, 1.54) is 23.9 Å². The number of oxime groups is 1. The molecule has 8 heteroatoms. The quantitative estimate of drug-likeness (QED) is 0.244. The molecule has 3 aromatic carbocycles. The summed E-state index contributed by atoms with van der Waals surface area (Å²) in [7, 11) is 0. The molecule has 4 rings (SSSR count). The van der Waals surface area contributed by atoms with Crippen LogP contribution in [0.4, 0.5) is 10.1 Å². The second-order valence-electron chi connectivity index (χ2n) is 7.05. The summed E-state index contributed by atoms with van der Waals surface area (Å²) in [5.41, 5.74) is 2.08. The molecule has 0 saturated heterocycles. The lowest BCUT2D eigenvalue weighted by Crippen LogP contribution is -2.31. The van der Waals surface area contributed by atoms with Crippen molar-refractivity contribution in [3.05, 3.63) is 95.3 Å². The number of hydrogen-bond acceptors (Lipinski definition) is 6. The summed E-state index contributed by atoms with van der Waals surface area (Å²) in [4.78, 5) is 18.2. The number of hydrogen-bond donors (Lipinski definition) is 0. The minimum Gasteiger partial charge on any atom is -0.313 e. The van der Waals surface area contributed by atoms with Crippen molar-refractivity contribution in [1.29, 1.82) is 0 Å².